The average Bonchev–Trinajstić information content (AvgIpc) is 3.17. The lowest BCUT2D eigenvalue weighted by Gasteiger charge is -2.09. The minimum absolute atomic E-state index is 0.0766. The maximum atomic E-state index is 12.1. The number of para-hydroxylation sites is 1. The lowest BCUT2D eigenvalue weighted by atomic mass is 10.2. The van der Waals surface area contributed by atoms with Gasteiger partial charge in [-0.15, -0.1) is 0 Å². The van der Waals surface area contributed by atoms with Crippen molar-refractivity contribution in [2.45, 2.75) is 6.92 Å². The van der Waals surface area contributed by atoms with Crippen LogP contribution >= 0.6 is 0 Å². The Hall–Kier alpha value is -4.18. The van der Waals surface area contributed by atoms with Crippen LogP contribution in [0, 0.1) is 13.5 Å². The predicted octanol–water partition coefficient (Wildman–Crippen LogP) is 4.77. The molecule has 0 radical (unpaired) electrons. The molecule has 7 heteroatoms. The third-order valence-electron chi connectivity index (χ3n) is 4.23. The molecule has 2 aromatic carbocycles. The number of pyridine rings is 1. The first-order chi connectivity index (χ1) is 14.1. The lowest BCUT2D eigenvalue weighted by molar-refractivity contribution is -0.118. The van der Waals surface area contributed by atoms with E-state index in [1.54, 1.807) is 30.3 Å². The number of oxazole rings is 1. The largest absolute Gasteiger partial charge is 0.483 e. The zero-order valence-corrected chi connectivity index (χ0v) is 15.5. The van der Waals surface area contributed by atoms with Gasteiger partial charge in [-0.2, -0.15) is 0 Å². The molecule has 142 valence electrons. The van der Waals surface area contributed by atoms with Gasteiger partial charge in [0.05, 0.1) is 6.57 Å². The fourth-order valence-electron chi connectivity index (χ4n) is 2.75. The molecule has 7 nitrogen and oxygen atoms in total. The minimum Gasteiger partial charge on any atom is -0.483 e. The van der Waals surface area contributed by atoms with E-state index in [1.807, 2.05) is 31.2 Å². The van der Waals surface area contributed by atoms with Crippen LogP contribution in [-0.2, 0) is 4.79 Å². The highest BCUT2D eigenvalue weighted by Crippen LogP contribution is 2.26. The molecule has 2 heterocycles. The summed E-state index contributed by atoms with van der Waals surface area (Å²) in [6, 6.07) is 16.3. The Kier molecular flexibility index (Phi) is 4.91. The number of amides is 1. The number of carbonyl (C=O) groups excluding carboxylic acids is 1. The fraction of sp³-hybridized carbons (Fsp3) is 0.0909. The highest BCUT2D eigenvalue weighted by molar-refractivity contribution is 5.92. The summed E-state index contributed by atoms with van der Waals surface area (Å²) in [7, 11) is 0. The molecule has 0 fully saturated rings. The quantitative estimate of drug-likeness (QED) is 0.502. The number of anilines is 1. The second kappa shape index (κ2) is 7.82. The molecule has 29 heavy (non-hydrogen) atoms. The maximum Gasteiger partial charge on any atom is 0.262 e. The molecular weight excluding hydrogens is 368 g/mol. The molecule has 0 aliphatic heterocycles. The van der Waals surface area contributed by atoms with Gasteiger partial charge >= 0.3 is 0 Å². The summed E-state index contributed by atoms with van der Waals surface area (Å²) < 4.78 is 11.2. The van der Waals surface area contributed by atoms with Crippen LogP contribution in [-0.4, -0.2) is 22.5 Å². The van der Waals surface area contributed by atoms with Crippen LogP contribution in [0.25, 0.3) is 27.5 Å². The summed E-state index contributed by atoms with van der Waals surface area (Å²) in [5, 5.41) is 2.79. The topological polar surface area (TPSA) is 81.6 Å². The van der Waals surface area contributed by atoms with E-state index in [1.165, 1.54) is 6.20 Å². The molecule has 1 N–H and O–H groups in total. The van der Waals surface area contributed by atoms with E-state index >= 15 is 0 Å². The van der Waals surface area contributed by atoms with E-state index in [2.05, 4.69) is 20.1 Å². The maximum absolute atomic E-state index is 12.1. The highest BCUT2D eigenvalue weighted by atomic mass is 16.5. The van der Waals surface area contributed by atoms with E-state index in [-0.39, 0.29) is 12.5 Å². The van der Waals surface area contributed by atoms with E-state index in [4.69, 9.17) is 15.7 Å². The predicted molar refractivity (Wildman–Crippen MR) is 109 cm³/mol. The van der Waals surface area contributed by atoms with E-state index < -0.39 is 0 Å². The van der Waals surface area contributed by atoms with Crippen molar-refractivity contribution in [3.63, 3.8) is 0 Å². The molecule has 2 aromatic heterocycles. The molecule has 4 aromatic rings. The summed E-state index contributed by atoms with van der Waals surface area (Å²) in [5.74, 6) is 0.832. The van der Waals surface area contributed by atoms with Crippen molar-refractivity contribution in [2.75, 3.05) is 11.9 Å². The van der Waals surface area contributed by atoms with Gasteiger partial charge in [-0.05, 0) is 48.9 Å². The second-order valence-electron chi connectivity index (χ2n) is 6.33. The molecule has 1 amide bonds. The smallest absolute Gasteiger partial charge is 0.262 e. The number of rotatable bonds is 5. The summed E-state index contributed by atoms with van der Waals surface area (Å²) in [4.78, 5) is 23.9. The molecule has 0 saturated carbocycles. The standard InChI is InChI=1S/C22H16N4O3/c1-14-5-3-4-6-19(14)28-13-20(27)25-16-9-7-15(8-10-16)21-26-18-11-17(23-2)12-24-22(18)29-21/h3-12H,13H2,1H3,(H,25,27). The first-order valence-corrected chi connectivity index (χ1v) is 8.85. The van der Waals surface area contributed by atoms with Crippen molar-refractivity contribution in [3.05, 3.63) is 77.8 Å². The summed E-state index contributed by atoms with van der Waals surface area (Å²) in [5.41, 5.74) is 3.65. The Labute approximate surface area is 166 Å². The van der Waals surface area contributed by atoms with Gasteiger partial charge in [0, 0.05) is 17.4 Å². The third-order valence-corrected chi connectivity index (χ3v) is 4.23. The Morgan fingerprint density at radius 1 is 1.21 bits per heavy atom. The Morgan fingerprint density at radius 3 is 2.76 bits per heavy atom. The monoisotopic (exact) mass is 384 g/mol. The van der Waals surface area contributed by atoms with Gasteiger partial charge in [-0.25, -0.2) is 14.8 Å². The number of aryl methyl sites for hydroxylation is 1. The van der Waals surface area contributed by atoms with Crippen molar-refractivity contribution in [2.24, 2.45) is 0 Å². The van der Waals surface area contributed by atoms with Gasteiger partial charge in [0.25, 0.3) is 5.91 Å². The number of aromatic nitrogens is 2. The van der Waals surface area contributed by atoms with E-state index in [0.717, 1.165) is 11.1 Å². The van der Waals surface area contributed by atoms with Gasteiger partial charge in [0.1, 0.15) is 11.3 Å². The average molecular weight is 384 g/mol. The number of fused-ring (bicyclic) bond motifs is 1. The molecule has 0 spiro atoms. The molecule has 0 aliphatic rings. The van der Waals surface area contributed by atoms with Crippen molar-refractivity contribution < 1.29 is 13.9 Å². The number of nitrogens with zero attached hydrogens (tertiary/aromatic N) is 3. The molecule has 0 bridgehead atoms. The fourth-order valence-corrected chi connectivity index (χ4v) is 2.75. The molecule has 0 aliphatic carbocycles. The van der Waals surface area contributed by atoms with E-state index in [0.29, 0.717) is 34.2 Å². The molecular formula is C22H16N4O3. The first kappa shape index (κ1) is 18.2. The summed E-state index contributed by atoms with van der Waals surface area (Å²) in [6.07, 6.45) is 1.45. The van der Waals surface area contributed by atoms with Crippen LogP contribution in [0.1, 0.15) is 5.56 Å². The molecule has 0 atom stereocenters. The second-order valence-corrected chi connectivity index (χ2v) is 6.33. The molecule has 4 rings (SSSR count). The normalized spacial score (nSPS) is 10.5. The van der Waals surface area contributed by atoms with Crippen LogP contribution in [0.5, 0.6) is 5.75 Å². The first-order valence-electron chi connectivity index (χ1n) is 8.85. The number of carbonyl (C=O) groups is 1. The lowest BCUT2D eigenvalue weighted by Crippen LogP contribution is -2.20. The zero-order chi connectivity index (χ0) is 20.2. The van der Waals surface area contributed by atoms with Gasteiger partial charge < -0.3 is 14.5 Å². The Bertz CT molecular complexity index is 1220. The van der Waals surface area contributed by atoms with Crippen LogP contribution < -0.4 is 10.1 Å². The van der Waals surface area contributed by atoms with Crippen molar-refractivity contribution in [3.8, 4) is 17.2 Å². The van der Waals surface area contributed by atoms with Crippen LogP contribution in [0.2, 0.25) is 0 Å². The molecule has 0 unspecified atom stereocenters. The zero-order valence-electron chi connectivity index (χ0n) is 15.5. The van der Waals surface area contributed by atoms with Gasteiger partial charge in [0.15, 0.2) is 6.61 Å². The number of ether oxygens (including phenoxy) is 1. The van der Waals surface area contributed by atoms with Crippen LogP contribution in [0.15, 0.2) is 65.2 Å². The van der Waals surface area contributed by atoms with Crippen molar-refractivity contribution in [1.29, 1.82) is 0 Å². The Balaban J connectivity index is 1.42. The SMILES string of the molecule is [C-]#[N+]c1cnc2oc(-c3ccc(NC(=O)COc4ccccc4C)cc3)nc2c1. The van der Waals surface area contributed by atoms with Crippen LogP contribution in [0.3, 0.4) is 0 Å². The highest BCUT2D eigenvalue weighted by Gasteiger charge is 2.11. The van der Waals surface area contributed by atoms with Gasteiger partial charge in [-0.3, -0.25) is 4.79 Å². The Morgan fingerprint density at radius 2 is 2.00 bits per heavy atom. The summed E-state index contributed by atoms with van der Waals surface area (Å²) in [6.45, 7) is 8.89. The van der Waals surface area contributed by atoms with Crippen molar-refractivity contribution in [1.82, 2.24) is 9.97 Å². The number of benzene rings is 2. The van der Waals surface area contributed by atoms with Gasteiger partial charge in [0.2, 0.25) is 17.3 Å². The summed E-state index contributed by atoms with van der Waals surface area (Å²) >= 11 is 0. The number of hydrogen-bond donors (Lipinski definition) is 1. The van der Waals surface area contributed by atoms with Crippen molar-refractivity contribution >= 4 is 28.5 Å². The van der Waals surface area contributed by atoms with Crippen LogP contribution in [0.4, 0.5) is 11.4 Å². The van der Waals surface area contributed by atoms with Gasteiger partial charge in [-0.1, -0.05) is 18.2 Å². The molecule has 0 saturated heterocycles. The number of hydrogen-bond acceptors (Lipinski definition) is 5. The third kappa shape index (κ3) is 4.06. The number of nitrogens with one attached hydrogen (secondary N) is 1. The minimum atomic E-state index is -0.251. The van der Waals surface area contributed by atoms with E-state index in [9.17, 15) is 4.79 Å².